The van der Waals surface area contributed by atoms with Gasteiger partial charge in [0.1, 0.15) is 0 Å². The number of aromatic nitrogens is 2. The summed E-state index contributed by atoms with van der Waals surface area (Å²) in [5, 5.41) is 12.2. The molecular weight excluding hydrogens is 230 g/mol. The molecule has 0 fully saturated rings. The molecule has 18 heavy (non-hydrogen) atoms. The SMILES string of the molecule is CC(CCCC(C)C(=O)O)NCc1cncn1C. The first kappa shape index (κ1) is 14.7. The summed E-state index contributed by atoms with van der Waals surface area (Å²) in [6.45, 7) is 4.68. The predicted octanol–water partition coefficient (Wildman–Crippen LogP) is 1.79. The van der Waals surface area contributed by atoms with Crippen molar-refractivity contribution in [2.45, 2.75) is 45.7 Å². The maximum atomic E-state index is 10.7. The second-order valence-corrected chi connectivity index (χ2v) is 4.95. The highest BCUT2D eigenvalue weighted by Gasteiger charge is 2.11. The molecule has 1 aromatic heterocycles. The van der Waals surface area contributed by atoms with Crippen LogP contribution >= 0.6 is 0 Å². The van der Waals surface area contributed by atoms with Gasteiger partial charge >= 0.3 is 5.97 Å². The van der Waals surface area contributed by atoms with Crippen molar-refractivity contribution in [1.29, 1.82) is 0 Å². The van der Waals surface area contributed by atoms with E-state index >= 15 is 0 Å². The molecule has 0 spiro atoms. The molecule has 5 nitrogen and oxygen atoms in total. The molecule has 5 heteroatoms. The van der Waals surface area contributed by atoms with E-state index in [1.165, 1.54) is 0 Å². The number of carbonyl (C=O) groups is 1. The molecule has 1 aromatic rings. The highest BCUT2D eigenvalue weighted by Crippen LogP contribution is 2.10. The quantitative estimate of drug-likeness (QED) is 0.741. The Balaban J connectivity index is 2.16. The van der Waals surface area contributed by atoms with Gasteiger partial charge in [-0.3, -0.25) is 4.79 Å². The van der Waals surface area contributed by atoms with E-state index in [-0.39, 0.29) is 5.92 Å². The number of nitrogens with zero attached hydrogens (tertiary/aromatic N) is 2. The molecule has 0 amide bonds. The molecule has 0 saturated carbocycles. The lowest BCUT2D eigenvalue weighted by molar-refractivity contribution is -0.141. The molecule has 2 N–H and O–H groups in total. The van der Waals surface area contributed by atoms with Crippen LogP contribution in [0.25, 0.3) is 0 Å². The van der Waals surface area contributed by atoms with Crippen LogP contribution in [0.15, 0.2) is 12.5 Å². The van der Waals surface area contributed by atoms with Crippen LogP contribution in [0.3, 0.4) is 0 Å². The molecule has 0 aliphatic carbocycles. The van der Waals surface area contributed by atoms with Crippen molar-refractivity contribution < 1.29 is 9.90 Å². The van der Waals surface area contributed by atoms with E-state index in [1.54, 1.807) is 13.3 Å². The van der Waals surface area contributed by atoms with Gasteiger partial charge in [-0.05, 0) is 19.8 Å². The largest absolute Gasteiger partial charge is 0.481 e. The Morgan fingerprint density at radius 2 is 2.22 bits per heavy atom. The molecule has 0 bridgehead atoms. The Morgan fingerprint density at radius 3 is 2.78 bits per heavy atom. The minimum atomic E-state index is -0.703. The maximum Gasteiger partial charge on any atom is 0.306 e. The Bertz CT molecular complexity index is 376. The summed E-state index contributed by atoms with van der Waals surface area (Å²) < 4.78 is 1.99. The number of hydrogen-bond donors (Lipinski definition) is 2. The first-order chi connectivity index (χ1) is 8.50. The van der Waals surface area contributed by atoms with Crippen LogP contribution in [0.1, 0.15) is 38.8 Å². The van der Waals surface area contributed by atoms with E-state index in [9.17, 15) is 4.79 Å². The lowest BCUT2D eigenvalue weighted by Gasteiger charge is -2.14. The average Bonchev–Trinajstić information content (AvgIpc) is 2.72. The number of carboxylic acid groups (broad SMARTS) is 1. The number of imidazole rings is 1. The van der Waals surface area contributed by atoms with Gasteiger partial charge in [-0.1, -0.05) is 13.3 Å². The van der Waals surface area contributed by atoms with Crippen molar-refractivity contribution in [2.75, 3.05) is 0 Å². The normalized spacial score (nSPS) is 14.4. The third-order valence-electron chi connectivity index (χ3n) is 3.24. The number of hydrogen-bond acceptors (Lipinski definition) is 3. The lowest BCUT2D eigenvalue weighted by Crippen LogP contribution is -2.26. The summed E-state index contributed by atoms with van der Waals surface area (Å²) >= 11 is 0. The molecule has 0 aliphatic rings. The minimum absolute atomic E-state index is 0.241. The van der Waals surface area contributed by atoms with Gasteiger partial charge in [-0.2, -0.15) is 0 Å². The zero-order chi connectivity index (χ0) is 13.5. The van der Waals surface area contributed by atoms with Crippen molar-refractivity contribution in [1.82, 2.24) is 14.9 Å². The molecule has 102 valence electrons. The zero-order valence-corrected chi connectivity index (χ0v) is 11.4. The number of carboxylic acids is 1. The van der Waals surface area contributed by atoms with E-state index in [0.717, 1.165) is 31.5 Å². The van der Waals surface area contributed by atoms with Crippen molar-refractivity contribution in [3.63, 3.8) is 0 Å². The highest BCUT2D eigenvalue weighted by atomic mass is 16.4. The lowest BCUT2D eigenvalue weighted by atomic mass is 10.0. The van der Waals surface area contributed by atoms with Crippen LogP contribution in [0, 0.1) is 5.92 Å². The van der Waals surface area contributed by atoms with Gasteiger partial charge in [0.05, 0.1) is 17.9 Å². The van der Waals surface area contributed by atoms with Crippen molar-refractivity contribution in [3.05, 3.63) is 18.2 Å². The smallest absolute Gasteiger partial charge is 0.306 e. The van der Waals surface area contributed by atoms with E-state index < -0.39 is 5.97 Å². The van der Waals surface area contributed by atoms with Crippen LogP contribution in [-0.4, -0.2) is 26.7 Å². The van der Waals surface area contributed by atoms with Crippen LogP contribution in [-0.2, 0) is 18.4 Å². The standard InChI is InChI=1S/C13H23N3O2/c1-10(13(17)18)5-4-6-11(2)15-8-12-7-14-9-16(12)3/h7,9-11,15H,4-6,8H2,1-3H3,(H,17,18). The fourth-order valence-electron chi connectivity index (χ4n) is 1.79. The van der Waals surface area contributed by atoms with Crippen LogP contribution in [0.2, 0.25) is 0 Å². The average molecular weight is 253 g/mol. The maximum absolute atomic E-state index is 10.7. The molecular formula is C13H23N3O2. The van der Waals surface area contributed by atoms with Crippen LogP contribution in [0.4, 0.5) is 0 Å². The fraction of sp³-hybridized carbons (Fsp3) is 0.692. The number of aryl methyl sites for hydroxylation is 1. The summed E-state index contributed by atoms with van der Waals surface area (Å²) in [6, 6.07) is 0.390. The Labute approximate surface area is 108 Å². The first-order valence-electron chi connectivity index (χ1n) is 6.42. The molecule has 2 unspecified atom stereocenters. The second-order valence-electron chi connectivity index (χ2n) is 4.95. The fourth-order valence-corrected chi connectivity index (χ4v) is 1.79. The van der Waals surface area contributed by atoms with Gasteiger partial charge in [0.15, 0.2) is 0 Å². The summed E-state index contributed by atoms with van der Waals surface area (Å²) in [5.41, 5.74) is 1.15. The van der Waals surface area contributed by atoms with Crippen molar-refractivity contribution in [3.8, 4) is 0 Å². The van der Waals surface area contributed by atoms with Gasteiger partial charge in [-0.15, -0.1) is 0 Å². The predicted molar refractivity (Wildman–Crippen MR) is 70.2 cm³/mol. The second kappa shape index (κ2) is 7.16. The summed E-state index contributed by atoms with van der Waals surface area (Å²) in [4.78, 5) is 14.7. The van der Waals surface area contributed by atoms with Gasteiger partial charge < -0.3 is 15.0 Å². The number of rotatable bonds is 8. The Morgan fingerprint density at radius 1 is 1.50 bits per heavy atom. The third kappa shape index (κ3) is 4.87. The summed E-state index contributed by atoms with van der Waals surface area (Å²) in [6.07, 6.45) is 6.32. The van der Waals surface area contributed by atoms with Crippen LogP contribution < -0.4 is 5.32 Å². The Hall–Kier alpha value is -1.36. The van der Waals surface area contributed by atoms with Crippen LogP contribution in [0.5, 0.6) is 0 Å². The van der Waals surface area contributed by atoms with Gasteiger partial charge in [-0.25, -0.2) is 4.98 Å². The molecule has 2 atom stereocenters. The zero-order valence-electron chi connectivity index (χ0n) is 11.4. The molecule has 0 aromatic carbocycles. The summed E-state index contributed by atoms with van der Waals surface area (Å²) in [7, 11) is 1.98. The molecule has 0 radical (unpaired) electrons. The topological polar surface area (TPSA) is 67.2 Å². The third-order valence-corrected chi connectivity index (χ3v) is 3.24. The number of aliphatic carboxylic acids is 1. The molecule has 0 saturated heterocycles. The molecule has 1 rings (SSSR count). The first-order valence-corrected chi connectivity index (χ1v) is 6.42. The monoisotopic (exact) mass is 253 g/mol. The minimum Gasteiger partial charge on any atom is -0.481 e. The van der Waals surface area contributed by atoms with Gasteiger partial charge in [0, 0.05) is 25.8 Å². The van der Waals surface area contributed by atoms with Crippen molar-refractivity contribution >= 4 is 5.97 Å². The highest BCUT2D eigenvalue weighted by molar-refractivity contribution is 5.69. The number of nitrogens with one attached hydrogen (secondary N) is 1. The van der Waals surface area contributed by atoms with E-state index in [4.69, 9.17) is 5.11 Å². The van der Waals surface area contributed by atoms with Crippen molar-refractivity contribution in [2.24, 2.45) is 13.0 Å². The van der Waals surface area contributed by atoms with E-state index in [2.05, 4.69) is 17.2 Å². The molecule has 0 aliphatic heterocycles. The Kier molecular flexibility index (Phi) is 5.85. The summed E-state index contributed by atoms with van der Waals surface area (Å²) in [5.74, 6) is -0.945. The van der Waals surface area contributed by atoms with Gasteiger partial charge in [0.2, 0.25) is 0 Å². The van der Waals surface area contributed by atoms with E-state index in [0.29, 0.717) is 6.04 Å². The van der Waals surface area contributed by atoms with Gasteiger partial charge in [0.25, 0.3) is 0 Å². The molecule has 1 heterocycles. The van der Waals surface area contributed by atoms with E-state index in [1.807, 2.05) is 17.8 Å².